The molecule has 0 unspecified atom stereocenters. The highest BCUT2D eigenvalue weighted by molar-refractivity contribution is 9.11. The lowest BCUT2D eigenvalue weighted by molar-refractivity contribution is -0.152. The zero-order valence-corrected chi connectivity index (χ0v) is 15.0. The fraction of sp³-hybridized carbons (Fsp3) is 0.375. The molecule has 0 saturated carbocycles. The van der Waals surface area contributed by atoms with Crippen LogP contribution in [0.3, 0.4) is 0 Å². The molecule has 0 aromatic carbocycles. The van der Waals surface area contributed by atoms with Crippen LogP contribution in [0.4, 0.5) is 0 Å². The van der Waals surface area contributed by atoms with Gasteiger partial charge in [0.25, 0.3) is 0 Å². The maximum absolute atomic E-state index is 12.2. The van der Waals surface area contributed by atoms with Gasteiger partial charge in [0.1, 0.15) is 6.54 Å². The van der Waals surface area contributed by atoms with Gasteiger partial charge in [0.2, 0.25) is 17.6 Å². The van der Waals surface area contributed by atoms with Crippen molar-refractivity contribution >= 4 is 50.8 Å². The number of thiophene rings is 1. The normalized spacial score (nSPS) is 22.6. The molecule has 3 rings (SSSR count). The van der Waals surface area contributed by atoms with E-state index in [0.29, 0.717) is 17.7 Å². The number of fused-ring (bicyclic) bond motifs is 1. The Morgan fingerprint density at radius 2 is 1.79 bits per heavy atom. The predicted octanol–water partition coefficient (Wildman–Crippen LogP) is 2.19. The number of nitrogens with zero attached hydrogens (tertiary/aromatic N) is 1. The quantitative estimate of drug-likeness (QED) is 0.321. The average molecular weight is 412 g/mol. The minimum atomic E-state index is -0.757. The molecule has 0 spiro atoms. The molecule has 2 heterocycles. The Hall–Kier alpha value is -1.80. The van der Waals surface area contributed by atoms with Gasteiger partial charge in [-0.3, -0.25) is 24.1 Å². The number of esters is 1. The van der Waals surface area contributed by atoms with Gasteiger partial charge in [-0.15, -0.1) is 11.3 Å². The molecule has 1 aliphatic carbocycles. The van der Waals surface area contributed by atoms with Crippen molar-refractivity contribution < 1.29 is 23.9 Å². The molecule has 2 amide bonds. The van der Waals surface area contributed by atoms with Crippen LogP contribution in [0.1, 0.15) is 22.5 Å². The number of allylic oxidation sites excluding steroid dienone is 2. The minimum absolute atomic E-state index is 0.323. The number of hydrogen-bond donors (Lipinski definition) is 0. The second kappa shape index (κ2) is 6.98. The largest absolute Gasteiger partial charge is 0.456 e. The Kier molecular flexibility index (Phi) is 4.96. The van der Waals surface area contributed by atoms with Crippen LogP contribution in [0.25, 0.3) is 0 Å². The molecule has 6 nitrogen and oxygen atoms in total. The first-order chi connectivity index (χ1) is 11.5. The summed E-state index contributed by atoms with van der Waals surface area (Å²) in [4.78, 5) is 49.7. The van der Waals surface area contributed by atoms with E-state index in [0.717, 1.165) is 8.69 Å². The third-order valence-electron chi connectivity index (χ3n) is 4.10. The van der Waals surface area contributed by atoms with Crippen molar-refractivity contribution in [2.75, 3.05) is 13.2 Å². The second-order valence-electron chi connectivity index (χ2n) is 5.61. The zero-order valence-electron chi connectivity index (χ0n) is 12.6. The van der Waals surface area contributed by atoms with Crippen molar-refractivity contribution in [2.24, 2.45) is 11.8 Å². The molecule has 0 bridgehead atoms. The van der Waals surface area contributed by atoms with Gasteiger partial charge in [0.05, 0.1) is 20.5 Å². The second-order valence-corrected chi connectivity index (χ2v) is 8.07. The van der Waals surface area contributed by atoms with Gasteiger partial charge in [0, 0.05) is 0 Å². The fourth-order valence-corrected chi connectivity index (χ4v) is 4.19. The van der Waals surface area contributed by atoms with Gasteiger partial charge in [-0.25, -0.2) is 0 Å². The summed E-state index contributed by atoms with van der Waals surface area (Å²) in [6, 6.07) is 3.37. The molecule has 126 valence electrons. The number of carbonyl (C=O) groups excluding carboxylic acids is 4. The maximum Gasteiger partial charge on any atom is 0.326 e. The Morgan fingerprint density at radius 1 is 1.17 bits per heavy atom. The summed E-state index contributed by atoms with van der Waals surface area (Å²) in [5, 5.41) is 0. The summed E-state index contributed by atoms with van der Waals surface area (Å²) in [5.74, 6) is -2.50. The van der Waals surface area contributed by atoms with E-state index in [1.54, 1.807) is 12.1 Å². The van der Waals surface area contributed by atoms with E-state index in [-0.39, 0.29) is 29.4 Å². The molecule has 0 radical (unpaired) electrons. The molecule has 24 heavy (non-hydrogen) atoms. The van der Waals surface area contributed by atoms with Crippen molar-refractivity contribution in [1.82, 2.24) is 4.90 Å². The number of carbonyl (C=O) groups is 4. The third kappa shape index (κ3) is 3.34. The van der Waals surface area contributed by atoms with E-state index in [1.165, 1.54) is 11.3 Å². The number of ether oxygens (including phenoxy) is 1. The van der Waals surface area contributed by atoms with E-state index < -0.39 is 19.1 Å². The van der Waals surface area contributed by atoms with Crippen LogP contribution in [0.15, 0.2) is 28.1 Å². The number of amides is 2. The Bertz CT molecular complexity index is 715. The molecule has 1 aromatic heterocycles. The van der Waals surface area contributed by atoms with Crippen molar-refractivity contribution in [2.45, 2.75) is 12.8 Å². The molecule has 0 N–H and O–H groups in total. The number of ketones is 1. The number of imide groups is 1. The number of rotatable bonds is 5. The van der Waals surface area contributed by atoms with Gasteiger partial charge in [-0.1, -0.05) is 12.2 Å². The number of likely N-dealkylation sites (tertiary alicyclic amines) is 1. The summed E-state index contributed by atoms with van der Waals surface area (Å²) in [6.07, 6.45) is 4.80. The number of halogens is 1. The lowest BCUT2D eigenvalue weighted by Crippen LogP contribution is -2.37. The molecule has 1 saturated heterocycles. The molecule has 1 fully saturated rings. The van der Waals surface area contributed by atoms with E-state index in [4.69, 9.17) is 4.74 Å². The van der Waals surface area contributed by atoms with E-state index in [1.807, 2.05) is 12.2 Å². The Morgan fingerprint density at radius 3 is 2.33 bits per heavy atom. The first-order valence-electron chi connectivity index (χ1n) is 7.41. The first-order valence-corrected chi connectivity index (χ1v) is 9.02. The number of hydrogen-bond acceptors (Lipinski definition) is 6. The van der Waals surface area contributed by atoms with Crippen LogP contribution in [-0.4, -0.2) is 41.6 Å². The molecule has 1 aliphatic heterocycles. The summed E-state index contributed by atoms with van der Waals surface area (Å²) in [6.45, 7) is -0.845. The lowest BCUT2D eigenvalue weighted by atomic mass is 9.85. The molecule has 2 aliphatic rings. The molecule has 1 aromatic rings. The smallest absolute Gasteiger partial charge is 0.326 e. The standard InChI is InChI=1S/C16H14BrNO5S/c17-13-6-5-12(24-13)11(19)8-23-14(20)7-18-15(21)9-3-1-2-4-10(9)16(18)22/h1-2,5-6,9-10H,3-4,7-8H2/t9-,10-/m1/s1. The fourth-order valence-electron chi connectivity index (χ4n) is 2.88. The van der Waals surface area contributed by atoms with Crippen LogP contribution in [0.5, 0.6) is 0 Å². The topological polar surface area (TPSA) is 80.8 Å². The Balaban J connectivity index is 1.54. The highest BCUT2D eigenvalue weighted by Crippen LogP contribution is 2.34. The van der Waals surface area contributed by atoms with Gasteiger partial charge >= 0.3 is 5.97 Å². The molecular weight excluding hydrogens is 398 g/mol. The maximum atomic E-state index is 12.2. The predicted molar refractivity (Wildman–Crippen MR) is 89.4 cm³/mol. The highest BCUT2D eigenvalue weighted by Gasteiger charge is 2.47. The average Bonchev–Trinajstić information content (AvgIpc) is 3.11. The van der Waals surface area contributed by atoms with Crippen LogP contribution >= 0.6 is 27.3 Å². The first kappa shape index (κ1) is 17.0. The highest BCUT2D eigenvalue weighted by atomic mass is 79.9. The van der Waals surface area contributed by atoms with Crippen LogP contribution in [-0.2, 0) is 19.1 Å². The monoisotopic (exact) mass is 411 g/mol. The SMILES string of the molecule is O=C(CN1C(=O)[C@@H]2CC=CC[C@H]2C1=O)OCC(=O)c1ccc(Br)s1. The minimum Gasteiger partial charge on any atom is -0.456 e. The summed E-state index contributed by atoms with van der Waals surface area (Å²) in [7, 11) is 0. The van der Waals surface area contributed by atoms with Crippen LogP contribution < -0.4 is 0 Å². The molecular formula is C16H14BrNO5S. The van der Waals surface area contributed by atoms with Crippen molar-refractivity contribution in [3.8, 4) is 0 Å². The summed E-state index contributed by atoms with van der Waals surface area (Å²) < 4.78 is 5.73. The third-order valence-corrected chi connectivity index (χ3v) is 5.76. The Labute approximate surface area is 150 Å². The van der Waals surface area contributed by atoms with E-state index in [9.17, 15) is 19.2 Å². The van der Waals surface area contributed by atoms with Gasteiger partial charge < -0.3 is 4.74 Å². The van der Waals surface area contributed by atoms with Crippen LogP contribution in [0, 0.1) is 11.8 Å². The summed E-state index contributed by atoms with van der Waals surface area (Å²) in [5.41, 5.74) is 0. The zero-order chi connectivity index (χ0) is 17.3. The molecule has 2 atom stereocenters. The summed E-state index contributed by atoms with van der Waals surface area (Å²) >= 11 is 4.50. The van der Waals surface area contributed by atoms with Gasteiger partial charge in [-0.05, 0) is 40.9 Å². The van der Waals surface area contributed by atoms with E-state index >= 15 is 0 Å². The van der Waals surface area contributed by atoms with Crippen LogP contribution in [0.2, 0.25) is 0 Å². The van der Waals surface area contributed by atoms with Crippen molar-refractivity contribution in [3.05, 3.63) is 32.9 Å². The molecule has 8 heteroatoms. The van der Waals surface area contributed by atoms with Crippen molar-refractivity contribution in [1.29, 1.82) is 0 Å². The van der Waals surface area contributed by atoms with Gasteiger partial charge in [0.15, 0.2) is 6.61 Å². The van der Waals surface area contributed by atoms with E-state index in [2.05, 4.69) is 15.9 Å². The van der Waals surface area contributed by atoms with Crippen molar-refractivity contribution in [3.63, 3.8) is 0 Å². The lowest BCUT2D eigenvalue weighted by Gasteiger charge is -2.14. The number of Topliss-reactive ketones (excluding diaryl/α,β-unsaturated/α-hetero) is 1. The van der Waals surface area contributed by atoms with Gasteiger partial charge in [-0.2, -0.15) is 0 Å².